The first-order valence-electron chi connectivity index (χ1n) is 4.51. The van der Waals surface area contributed by atoms with E-state index in [1.807, 2.05) is 0 Å². The number of carboxylic acid groups (broad SMARTS) is 1. The van der Waals surface area contributed by atoms with Gasteiger partial charge in [0, 0.05) is 11.6 Å². The maximum Gasteiger partial charge on any atom is 0.387 e. The second kappa shape index (κ2) is 5.50. The summed E-state index contributed by atoms with van der Waals surface area (Å²) in [5.41, 5.74) is -1.21. The van der Waals surface area contributed by atoms with Gasteiger partial charge in [-0.1, -0.05) is 0 Å². The third-order valence-electron chi connectivity index (χ3n) is 2.00. The first-order chi connectivity index (χ1) is 8.36. The number of hydrogen-bond acceptors (Lipinski definition) is 4. The second-order valence-electron chi connectivity index (χ2n) is 3.15. The molecule has 0 heterocycles. The molecule has 0 aliphatic carbocycles. The van der Waals surface area contributed by atoms with E-state index in [0.29, 0.717) is 12.1 Å². The summed E-state index contributed by atoms with van der Waals surface area (Å²) < 4.78 is 41.1. The number of ether oxygens (including phenoxy) is 1. The van der Waals surface area contributed by atoms with Gasteiger partial charge in [-0.3, -0.25) is 4.79 Å². The van der Waals surface area contributed by atoms with Crippen molar-refractivity contribution in [1.82, 2.24) is 0 Å². The van der Waals surface area contributed by atoms with Crippen LogP contribution in [0.15, 0.2) is 12.1 Å². The molecule has 1 rings (SSSR count). The Hall–Kier alpha value is -2.09. The molecule has 1 unspecified atom stereocenters. The van der Waals surface area contributed by atoms with Gasteiger partial charge in [-0.15, -0.1) is 0 Å². The van der Waals surface area contributed by atoms with Crippen molar-refractivity contribution in [2.45, 2.75) is 12.7 Å². The predicted octanol–water partition coefficient (Wildman–Crippen LogP) is 1.36. The van der Waals surface area contributed by atoms with Gasteiger partial charge in [0.15, 0.2) is 12.4 Å². The molecule has 0 aliphatic rings. The molecule has 0 amide bonds. The van der Waals surface area contributed by atoms with Crippen LogP contribution in [0.3, 0.4) is 0 Å². The Balaban J connectivity index is 3.26. The molecule has 0 aromatic heterocycles. The Morgan fingerprint density at radius 3 is 2.44 bits per heavy atom. The zero-order valence-electron chi connectivity index (χ0n) is 8.64. The monoisotopic (exact) mass is 264 g/mol. The van der Waals surface area contributed by atoms with Crippen LogP contribution in [0, 0.1) is 5.82 Å². The Kier molecular flexibility index (Phi) is 4.27. The van der Waals surface area contributed by atoms with Crippen LogP contribution < -0.4 is 4.74 Å². The van der Waals surface area contributed by atoms with Gasteiger partial charge < -0.3 is 14.9 Å². The van der Waals surface area contributed by atoms with E-state index in [9.17, 15) is 22.8 Å². The summed E-state index contributed by atoms with van der Waals surface area (Å²) in [6.45, 7) is -3.27. The number of rotatable bonds is 5. The maximum atomic E-state index is 13.4. The normalized spacial score (nSPS) is 12.3. The topological polar surface area (TPSA) is 83.8 Å². The quantitative estimate of drug-likeness (QED) is 0.784. The lowest BCUT2D eigenvalue weighted by molar-refractivity contribution is -0.147. The average molecular weight is 264 g/mol. The Bertz CT molecular complexity index is 475. The van der Waals surface area contributed by atoms with Gasteiger partial charge in [0.2, 0.25) is 0 Å². The summed E-state index contributed by atoms with van der Waals surface area (Å²) in [4.78, 5) is 21.0. The third-order valence-corrected chi connectivity index (χ3v) is 2.00. The molecule has 5 nitrogen and oxygen atoms in total. The van der Waals surface area contributed by atoms with E-state index in [1.54, 1.807) is 0 Å². The standard InChI is InChI=1S/C10H7F3O5/c11-6-2-7(18-10(12)13)4(3-14)1-5(6)8(15)9(16)17/h1-3,8,10,15H,(H,16,17). The number of halogens is 3. The minimum Gasteiger partial charge on any atom is -0.479 e. The number of hydrogen-bond donors (Lipinski definition) is 2. The number of aliphatic hydroxyl groups is 1. The summed E-state index contributed by atoms with van der Waals surface area (Å²) in [6, 6.07) is 1.05. The first kappa shape index (κ1) is 14.0. The van der Waals surface area contributed by atoms with Gasteiger partial charge in [-0.25, -0.2) is 9.18 Å². The molecule has 0 bridgehead atoms. The molecule has 2 N–H and O–H groups in total. The van der Waals surface area contributed by atoms with E-state index in [0.717, 1.165) is 0 Å². The van der Waals surface area contributed by atoms with Crippen LogP contribution in [0.1, 0.15) is 22.0 Å². The van der Waals surface area contributed by atoms with Crippen LogP contribution in [0.2, 0.25) is 0 Å². The minimum absolute atomic E-state index is 0.0786. The van der Waals surface area contributed by atoms with Crippen LogP contribution in [-0.2, 0) is 4.79 Å². The van der Waals surface area contributed by atoms with Crippen LogP contribution in [0.25, 0.3) is 0 Å². The van der Waals surface area contributed by atoms with Gasteiger partial charge in [0.1, 0.15) is 11.6 Å². The van der Waals surface area contributed by atoms with Crippen molar-refractivity contribution in [3.8, 4) is 5.75 Å². The van der Waals surface area contributed by atoms with E-state index in [-0.39, 0.29) is 6.29 Å². The largest absolute Gasteiger partial charge is 0.479 e. The van der Waals surface area contributed by atoms with Crippen molar-refractivity contribution in [2.24, 2.45) is 0 Å². The first-order valence-corrected chi connectivity index (χ1v) is 4.51. The Labute approximate surface area is 98.4 Å². The summed E-state index contributed by atoms with van der Waals surface area (Å²) in [6.07, 6.45) is -2.13. The molecule has 98 valence electrons. The lowest BCUT2D eigenvalue weighted by Gasteiger charge is -2.12. The molecular weight excluding hydrogens is 257 g/mol. The van der Waals surface area contributed by atoms with Crippen molar-refractivity contribution < 1.29 is 37.7 Å². The molecule has 1 atom stereocenters. The van der Waals surface area contributed by atoms with Crippen molar-refractivity contribution >= 4 is 12.3 Å². The number of aldehydes is 1. The average Bonchev–Trinajstić information content (AvgIpc) is 2.27. The summed E-state index contributed by atoms with van der Waals surface area (Å²) >= 11 is 0. The molecule has 0 radical (unpaired) electrons. The van der Waals surface area contributed by atoms with Gasteiger partial charge in [0.25, 0.3) is 0 Å². The van der Waals surface area contributed by atoms with Crippen LogP contribution >= 0.6 is 0 Å². The number of carbonyl (C=O) groups excluding carboxylic acids is 1. The molecule has 18 heavy (non-hydrogen) atoms. The van der Waals surface area contributed by atoms with Crippen molar-refractivity contribution in [3.05, 3.63) is 29.1 Å². The summed E-state index contributed by atoms with van der Waals surface area (Å²) in [5.74, 6) is -3.75. The SMILES string of the molecule is O=Cc1cc(C(O)C(=O)O)c(F)cc1OC(F)F. The highest BCUT2D eigenvalue weighted by molar-refractivity contribution is 5.81. The Morgan fingerprint density at radius 2 is 2.00 bits per heavy atom. The molecule has 0 fully saturated rings. The van der Waals surface area contributed by atoms with E-state index < -0.39 is 41.4 Å². The number of carbonyl (C=O) groups is 2. The fraction of sp³-hybridized carbons (Fsp3) is 0.200. The number of aliphatic carboxylic acids is 1. The van der Waals surface area contributed by atoms with Gasteiger partial charge in [-0.2, -0.15) is 8.78 Å². The van der Waals surface area contributed by atoms with Gasteiger partial charge in [0.05, 0.1) is 5.56 Å². The molecule has 0 aliphatic heterocycles. The number of carboxylic acids is 1. The Morgan fingerprint density at radius 1 is 1.39 bits per heavy atom. The zero-order chi connectivity index (χ0) is 13.9. The van der Waals surface area contributed by atoms with Gasteiger partial charge >= 0.3 is 12.6 Å². The summed E-state index contributed by atoms with van der Waals surface area (Å²) in [7, 11) is 0. The molecular formula is C10H7F3O5. The van der Waals surface area contributed by atoms with Gasteiger partial charge in [-0.05, 0) is 6.07 Å². The highest BCUT2D eigenvalue weighted by Gasteiger charge is 2.23. The lowest BCUT2D eigenvalue weighted by Crippen LogP contribution is -2.13. The molecule has 1 aromatic carbocycles. The van der Waals surface area contributed by atoms with Crippen molar-refractivity contribution in [3.63, 3.8) is 0 Å². The molecule has 8 heteroatoms. The maximum absolute atomic E-state index is 13.4. The number of benzene rings is 1. The van der Waals surface area contributed by atoms with Crippen LogP contribution in [0.4, 0.5) is 13.2 Å². The smallest absolute Gasteiger partial charge is 0.387 e. The minimum atomic E-state index is -3.27. The zero-order valence-corrected chi connectivity index (χ0v) is 8.64. The van der Waals surface area contributed by atoms with E-state index in [4.69, 9.17) is 10.2 Å². The molecule has 0 spiro atoms. The van der Waals surface area contributed by atoms with Crippen LogP contribution in [0.5, 0.6) is 5.75 Å². The predicted molar refractivity (Wildman–Crippen MR) is 51.0 cm³/mol. The number of alkyl halides is 2. The highest BCUT2D eigenvalue weighted by atomic mass is 19.3. The summed E-state index contributed by atoms with van der Waals surface area (Å²) in [5, 5.41) is 17.6. The van der Waals surface area contributed by atoms with E-state index in [1.165, 1.54) is 0 Å². The van der Waals surface area contributed by atoms with Crippen molar-refractivity contribution in [2.75, 3.05) is 0 Å². The highest BCUT2D eigenvalue weighted by Crippen LogP contribution is 2.27. The van der Waals surface area contributed by atoms with Crippen molar-refractivity contribution in [1.29, 1.82) is 0 Å². The third kappa shape index (κ3) is 2.98. The number of aliphatic hydroxyl groups excluding tert-OH is 1. The second-order valence-corrected chi connectivity index (χ2v) is 3.15. The molecule has 0 saturated carbocycles. The van der Waals surface area contributed by atoms with Crippen LogP contribution in [-0.4, -0.2) is 29.1 Å². The lowest BCUT2D eigenvalue weighted by atomic mass is 10.0. The van der Waals surface area contributed by atoms with E-state index in [2.05, 4.69) is 4.74 Å². The molecule has 1 aromatic rings. The van der Waals surface area contributed by atoms with E-state index >= 15 is 0 Å². The fourth-order valence-corrected chi connectivity index (χ4v) is 1.22. The fourth-order valence-electron chi connectivity index (χ4n) is 1.22. The molecule has 0 saturated heterocycles.